The second-order valence-electron chi connectivity index (χ2n) is 11.6. The Morgan fingerprint density at radius 1 is 1.23 bits per heavy atom. The Morgan fingerprint density at radius 3 is 2.64 bits per heavy atom. The fourth-order valence-corrected chi connectivity index (χ4v) is 8.06. The van der Waals surface area contributed by atoms with Crippen molar-refractivity contribution in [1.82, 2.24) is 0 Å². The summed E-state index contributed by atoms with van der Waals surface area (Å²) >= 11 is 0. The maximum Gasteiger partial charge on any atom is 0.303 e. The number of nitrogens with one attached hydrogen (secondary N) is 1. The molecule has 39 heavy (non-hydrogen) atoms. The molecule has 4 aliphatic carbocycles. The van der Waals surface area contributed by atoms with Crippen molar-refractivity contribution in [3.8, 4) is 11.8 Å². The van der Waals surface area contributed by atoms with E-state index in [1.807, 2.05) is 19.2 Å². The lowest BCUT2D eigenvalue weighted by Crippen LogP contribution is -2.52. The Labute approximate surface area is 229 Å². The van der Waals surface area contributed by atoms with E-state index in [1.54, 1.807) is 0 Å². The van der Waals surface area contributed by atoms with Gasteiger partial charge < -0.3 is 15.2 Å². The van der Waals surface area contributed by atoms with Crippen molar-refractivity contribution >= 4 is 23.2 Å². The van der Waals surface area contributed by atoms with E-state index >= 15 is 4.39 Å². The number of carbonyl (C=O) groups excluding carboxylic acids is 3. The van der Waals surface area contributed by atoms with Gasteiger partial charge in [-0.3, -0.25) is 14.4 Å². The summed E-state index contributed by atoms with van der Waals surface area (Å²) in [5.41, 5.74) is 3.02. The van der Waals surface area contributed by atoms with Crippen LogP contribution in [0.2, 0.25) is 0 Å². The van der Waals surface area contributed by atoms with E-state index in [1.165, 1.54) is 18.6 Å². The van der Waals surface area contributed by atoms with Gasteiger partial charge in [-0.2, -0.15) is 0 Å². The second kappa shape index (κ2) is 10.4. The molecular formula is C32H36FNO5. The van der Waals surface area contributed by atoms with Crippen molar-refractivity contribution in [1.29, 1.82) is 0 Å². The van der Waals surface area contributed by atoms with Crippen molar-refractivity contribution in [2.24, 2.45) is 22.7 Å². The number of carbonyl (C=O) groups is 3. The number of aliphatic hydroxyl groups excluding tert-OH is 1. The van der Waals surface area contributed by atoms with Crippen LogP contribution in [0.4, 0.5) is 10.1 Å². The van der Waals surface area contributed by atoms with Crippen molar-refractivity contribution < 1.29 is 28.6 Å². The smallest absolute Gasteiger partial charge is 0.303 e. The highest BCUT2D eigenvalue weighted by Gasteiger charge is 2.66. The molecule has 6 nitrogen and oxygen atoms in total. The average Bonchev–Trinajstić information content (AvgIpc) is 3.23. The van der Waals surface area contributed by atoms with Crippen LogP contribution >= 0.6 is 0 Å². The predicted octanol–water partition coefficient (Wildman–Crippen LogP) is 4.69. The molecule has 1 unspecified atom stereocenters. The van der Waals surface area contributed by atoms with Crippen LogP contribution in [0.5, 0.6) is 0 Å². The third-order valence-electron chi connectivity index (χ3n) is 9.81. The molecule has 2 saturated carbocycles. The summed E-state index contributed by atoms with van der Waals surface area (Å²) in [4.78, 5) is 37.7. The molecule has 4 aliphatic rings. The highest BCUT2D eigenvalue weighted by molar-refractivity contribution is 5.93. The van der Waals surface area contributed by atoms with Gasteiger partial charge in [-0.15, -0.1) is 0 Å². The average molecular weight is 534 g/mol. The summed E-state index contributed by atoms with van der Waals surface area (Å²) in [7, 11) is 1.86. The molecule has 206 valence electrons. The number of ether oxygens (including phenoxy) is 1. The Kier molecular flexibility index (Phi) is 7.28. The van der Waals surface area contributed by atoms with Crippen LogP contribution in [0.1, 0.15) is 63.9 Å². The molecule has 0 aliphatic heterocycles. The van der Waals surface area contributed by atoms with Crippen molar-refractivity contribution in [2.75, 3.05) is 25.6 Å². The third-order valence-corrected chi connectivity index (χ3v) is 9.81. The number of allylic oxidation sites excluding steroid dienone is 4. The summed E-state index contributed by atoms with van der Waals surface area (Å²) in [6.07, 6.45) is 3.21. The zero-order chi connectivity index (χ0) is 27.9. The number of benzene rings is 1. The molecule has 2 fully saturated rings. The lowest BCUT2D eigenvalue weighted by molar-refractivity contribution is -0.150. The molecule has 6 atom stereocenters. The molecule has 0 heterocycles. The summed E-state index contributed by atoms with van der Waals surface area (Å²) in [6.45, 7) is 2.60. The number of aliphatic hydroxyl groups is 1. The van der Waals surface area contributed by atoms with Gasteiger partial charge in [-0.25, -0.2) is 4.39 Å². The van der Waals surface area contributed by atoms with Crippen LogP contribution in [0.15, 0.2) is 47.1 Å². The van der Waals surface area contributed by atoms with Gasteiger partial charge >= 0.3 is 5.97 Å². The summed E-state index contributed by atoms with van der Waals surface area (Å²) in [5.74, 6) is 4.88. The number of rotatable bonds is 5. The van der Waals surface area contributed by atoms with Crippen molar-refractivity contribution in [2.45, 2.75) is 64.5 Å². The van der Waals surface area contributed by atoms with E-state index in [-0.39, 0.29) is 49.0 Å². The maximum absolute atomic E-state index is 15.8. The van der Waals surface area contributed by atoms with Gasteiger partial charge in [0.25, 0.3) is 0 Å². The van der Waals surface area contributed by atoms with Crippen LogP contribution in [-0.4, -0.2) is 49.1 Å². The molecule has 0 radical (unpaired) electrons. The molecule has 7 heteroatoms. The van der Waals surface area contributed by atoms with Crippen LogP contribution in [0, 0.1) is 34.5 Å². The van der Waals surface area contributed by atoms with Gasteiger partial charge in [0.15, 0.2) is 18.2 Å². The van der Waals surface area contributed by atoms with Crippen LogP contribution < -0.4 is 5.32 Å². The van der Waals surface area contributed by atoms with Crippen LogP contribution in [-0.2, 0) is 19.1 Å². The normalized spacial score (nSPS) is 33.2. The quantitative estimate of drug-likeness (QED) is 0.422. The van der Waals surface area contributed by atoms with Gasteiger partial charge in [0.05, 0.1) is 5.41 Å². The van der Waals surface area contributed by atoms with E-state index < -0.39 is 23.0 Å². The fraction of sp³-hybridized carbons (Fsp3) is 0.531. The minimum absolute atomic E-state index is 0.0143. The molecule has 0 saturated heterocycles. The largest absolute Gasteiger partial charge is 0.458 e. The topological polar surface area (TPSA) is 92.7 Å². The number of hydrogen-bond donors (Lipinski definition) is 2. The van der Waals surface area contributed by atoms with E-state index in [2.05, 4.69) is 36.2 Å². The Morgan fingerprint density at radius 2 is 1.97 bits per heavy atom. The SMILES string of the molecule is CNc1ccc([C@H]2C[C@@]3(C)[C@@H](CC[C@]3(C#CCO)C(=O)COC(C)=O)[C@@H]3CC(F)C4=CC(=O)CCC4=C32)cc1. The lowest BCUT2D eigenvalue weighted by Gasteiger charge is -2.55. The molecule has 5 rings (SSSR count). The zero-order valence-electron chi connectivity index (χ0n) is 22.8. The lowest BCUT2D eigenvalue weighted by atomic mass is 9.48. The zero-order valence-corrected chi connectivity index (χ0v) is 22.8. The first-order valence-electron chi connectivity index (χ1n) is 13.8. The first kappa shape index (κ1) is 27.3. The first-order chi connectivity index (χ1) is 18.6. The van der Waals surface area contributed by atoms with E-state index in [0.29, 0.717) is 37.7 Å². The molecule has 1 aromatic carbocycles. The molecule has 2 N–H and O–H groups in total. The minimum Gasteiger partial charge on any atom is -0.458 e. The number of ketones is 2. The van der Waals surface area contributed by atoms with Crippen molar-refractivity contribution in [3.63, 3.8) is 0 Å². The van der Waals surface area contributed by atoms with Gasteiger partial charge in [-0.05, 0) is 84.3 Å². The highest BCUT2D eigenvalue weighted by Crippen LogP contribution is 2.69. The monoisotopic (exact) mass is 533 g/mol. The number of halogens is 1. The van der Waals surface area contributed by atoms with Crippen LogP contribution in [0.25, 0.3) is 0 Å². The number of esters is 1. The minimum atomic E-state index is -1.23. The van der Waals surface area contributed by atoms with E-state index in [4.69, 9.17) is 4.74 Å². The first-order valence-corrected chi connectivity index (χ1v) is 13.8. The molecule has 0 bridgehead atoms. The molecule has 0 spiro atoms. The van der Waals surface area contributed by atoms with Crippen molar-refractivity contribution in [3.05, 3.63) is 52.6 Å². The number of hydrogen-bond acceptors (Lipinski definition) is 6. The highest BCUT2D eigenvalue weighted by atomic mass is 19.1. The second-order valence-corrected chi connectivity index (χ2v) is 11.6. The summed E-state index contributed by atoms with van der Waals surface area (Å²) in [6, 6.07) is 8.21. The standard InChI is InChI=1S/C32H36FNO5/c1-19(36)39-18-29(38)32(12-4-14-35)13-11-27-25-16-28(33)24-15-22(37)9-10-23(24)30(25)26(17-31(27,32)2)20-5-7-21(34-3)8-6-20/h5-8,15,25-28,34-35H,9-11,13-14,16-18H2,1-3H3/t25-,26+,27-,28?,31-,32+/m0/s1. The van der Waals surface area contributed by atoms with Gasteiger partial charge in [-0.1, -0.05) is 36.5 Å². The fourth-order valence-electron chi connectivity index (χ4n) is 8.06. The number of alkyl halides is 1. The van der Waals surface area contributed by atoms with E-state index in [9.17, 15) is 19.5 Å². The predicted molar refractivity (Wildman–Crippen MR) is 145 cm³/mol. The number of Topliss-reactive ketones (excluding diaryl/α,β-unsaturated/α-hetero) is 1. The number of fused-ring (bicyclic) bond motifs is 4. The van der Waals surface area contributed by atoms with Crippen LogP contribution in [0.3, 0.4) is 0 Å². The summed E-state index contributed by atoms with van der Waals surface area (Å²) in [5, 5.41) is 12.8. The maximum atomic E-state index is 15.8. The Hall–Kier alpha value is -3.24. The molecule has 0 amide bonds. The Balaban J connectivity index is 1.69. The van der Waals surface area contributed by atoms with Gasteiger partial charge in [0, 0.05) is 32.0 Å². The molecule has 0 aromatic heterocycles. The van der Waals surface area contributed by atoms with E-state index in [0.717, 1.165) is 16.8 Å². The molecular weight excluding hydrogens is 497 g/mol. The summed E-state index contributed by atoms with van der Waals surface area (Å²) < 4.78 is 20.9. The number of anilines is 1. The third kappa shape index (κ3) is 4.43. The Bertz CT molecular complexity index is 1320. The van der Waals surface area contributed by atoms with Gasteiger partial charge in [0.1, 0.15) is 12.8 Å². The van der Waals surface area contributed by atoms with Gasteiger partial charge in [0.2, 0.25) is 0 Å². The molecule has 1 aromatic rings.